The summed E-state index contributed by atoms with van der Waals surface area (Å²) in [6.07, 6.45) is 2.84. The molecule has 0 aliphatic rings. The number of nitrogens with two attached hydrogens (primary N) is 1. The molecule has 1 heterocycles. The molecule has 0 radical (unpaired) electrons. The molecule has 5 atom stereocenters. The molecule has 13 nitrogen and oxygen atoms in total. The molecule has 0 bridgehead atoms. The van der Waals surface area contributed by atoms with E-state index in [0.717, 1.165) is 0 Å². The molecule has 0 aliphatic carbocycles. The minimum atomic E-state index is -1.43. The molecule has 5 unspecified atom stereocenters. The first-order valence-electron chi connectivity index (χ1n) is 10.5. The Balaban J connectivity index is 2.85. The van der Waals surface area contributed by atoms with Crippen LogP contribution in [0.15, 0.2) is 12.5 Å². The van der Waals surface area contributed by atoms with E-state index in [9.17, 15) is 29.1 Å². The number of carboxylic acids is 2. The molecule has 1 aromatic rings. The van der Waals surface area contributed by atoms with Crippen LogP contribution in [0, 0.1) is 5.92 Å². The second kappa shape index (κ2) is 13.2. The molecule has 1 aromatic heterocycles. The second-order valence-electron chi connectivity index (χ2n) is 7.82. The summed E-state index contributed by atoms with van der Waals surface area (Å²) in [5.74, 6) is -4.75. The molecule has 0 saturated heterocycles. The third-order valence-corrected chi connectivity index (χ3v) is 5.19. The van der Waals surface area contributed by atoms with Gasteiger partial charge in [-0.05, 0) is 19.3 Å². The van der Waals surface area contributed by atoms with Gasteiger partial charge in [-0.3, -0.25) is 19.2 Å². The summed E-state index contributed by atoms with van der Waals surface area (Å²) in [5, 5.41) is 25.1. The van der Waals surface area contributed by atoms with E-state index in [-0.39, 0.29) is 18.8 Å². The SMILES string of the molecule is CCC(C)C(N)C(=O)NC(Cc1cnc[nH]1)C(=O)NC(C)C(=O)NC(CCC(=O)O)C(=O)O. The van der Waals surface area contributed by atoms with Gasteiger partial charge in [0, 0.05) is 24.7 Å². The first-order chi connectivity index (χ1) is 15.5. The zero-order valence-corrected chi connectivity index (χ0v) is 18.8. The molecule has 13 heteroatoms. The maximum atomic E-state index is 12.8. The summed E-state index contributed by atoms with van der Waals surface area (Å²) in [7, 11) is 0. The quantitative estimate of drug-likeness (QED) is 0.173. The van der Waals surface area contributed by atoms with Gasteiger partial charge in [-0.15, -0.1) is 0 Å². The van der Waals surface area contributed by atoms with Crippen molar-refractivity contribution in [3.63, 3.8) is 0 Å². The van der Waals surface area contributed by atoms with Crippen LogP contribution in [0.1, 0.15) is 45.7 Å². The Morgan fingerprint density at radius 2 is 1.67 bits per heavy atom. The summed E-state index contributed by atoms with van der Waals surface area (Å²) >= 11 is 0. The number of nitrogens with zero attached hydrogens (tertiary/aromatic N) is 1. The molecule has 0 spiro atoms. The molecular weight excluding hydrogens is 436 g/mol. The van der Waals surface area contributed by atoms with Crippen LogP contribution in [0.4, 0.5) is 0 Å². The van der Waals surface area contributed by atoms with Crippen LogP contribution in [-0.4, -0.2) is 74.0 Å². The number of hydrogen-bond acceptors (Lipinski definition) is 7. The van der Waals surface area contributed by atoms with Gasteiger partial charge in [-0.25, -0.2) is 9.78 Å². The largest absolute Gasteiger partial charge is 0.481 e. The van der Waals surface area contributed by atoms with Crippen molar-refractivity contribution in [2.75, 3.05) is 0 Å². The average Bonchev–Trinajstić information content (AvgIpc) is 3.27. The Labute approximate surface area is 190 Å². The number of imidazole rings is 1. The highest BCUT2D eigenvalue weighted by atomic mass is 16.4. The summed E-state index contributed by atoms with van der Waals surface area (Å²) in [6, 6.07) is -4.50. The van der Waals surface area contributed by atoms with Crippen molar-refractivity contribution in [2.45, 2.75) is 70.6 Å². The molecule has 1 rings (SSSR count). The smallest absolute Gasteiger partial charge is 0.326 e. The third kappa shape index (κ3) is 9.27. The fraction of sp³-hybridized carbons (Fsp3) is 0.600. The van der Waals surface area contributed by atoms with E-state index < -0.39 is 60.2 Å². The van der Waals surface area contributed by atoms with Gasteiger partial charge in [-0.1, -0.05) is 20.3 Å². The van der Waals surface area contributed by atoms with Crippen molar-refractivity contribution >= 4 is 29.7 Å². The second-order valence-corrected chi connectivity index (χ2v) is 7.82. The van der Waals surface area contributed by atoms with E-state index in [1.165, 1.54) is 19.4 Å². The predicted molar refractivity (Wildman–Crippen MR) is 116 cm³/mol. The van der Waals surface area contributed by atoms with Crippen LogP contribution >= 0.6 is 0 Å². The Hall–Kier alpha value is -3.48. The van der Waals surface area contributed by atoms with Gasteiger partial charge in [0.2, 0.25) is 17.7 Å². The van der Waals surface area contributed by atoms with Crippen molar-refractivity contribution in [3.8, 4) is 0 Å². The number of carboxylic acid groups (broad SMARTS) is 2. The van der Waals surface area contributed by atoms with E-state index in [1.54, 1.807) is 0 Å². The van der Waals surface area contributed by atoms with E-state index in [4.69, 9.17) is 10.8 Å². The van der Waals surface area contributed by atoms with Gasteiger partial charge in [-0.2, -0.15) is 0 Å². The lowest BCUT2D eigenvalue weighted by atomic mass is 9.98. The first kappa shape index (κ1) is 27.6. The predicted octanol–water partition coefficient (Wildman–Crippen LogP) is -1.25. The van der Waals surface area contributed by atoms with Crippen molar-refractivity contribution in [1.82, 2.24) is 25.9 Å². The Morgan fingerprint density at radius 1 is 1.03 bits per heavy atom. The molecule has 0 fully saturated rings. The van der Waals surface area contributed by atoms with E-state index in [1.807, 2.05) is 13.8 Å². The highest BCUT2D eigenvalue weighted by Crippen LogP contribution is 2.07. The lowest BCUT2D eigenvalue weighted by Gasteiger charge is -2.24. The van der Waals surface area contributed by atoms with Gasteiger partial charge in [0.05, 0.1) is 12.4 Å². The van der Waals surface area contributed by atoms with Gasteiger partial charge in [0.1, 0.15) is 18.1 Å². The summed E-state index contributed by atoms with van der Waals surface area (Å²) < 4.78 is 0. The Morgan fingerprint density at radius 3 is 2.18 bits per heavy atom. The molecule has 0 aliphatic heterocycles. The van der Waals surface area contributed by atoms with Crippen molar-refractivity contribution in [3.05, 3.63) is 18.2 Å². The highest BCUT2D eigenvalue weighted by Gasteiger charge is 2.30. The van der Waals surface area contributed by atoms with Crippen LogP contribution < -0.4 is 21.7 Å². The summed E-state index contributed by atoms with van der Waals surface area (Å²) in [5.41, 5.74) is 6.51. The normalized spacial score (nSPS) is 15.4. The number of aromatic amines is 1. The first-order valence-corrected chi connectivity index (χ1v) is 10.5. The van der Waals surface area contributed by atoms with Crippen LogP contribution in [-0.2, 0) is 30.4 Å². The maximum absolute atomic E-state index is 12.8. The summed E-state index contributed by atoms with van der Waals surface area (Å²) in [6.45, 7) is 5.03. The zero-order chi connectivity index (χ0) is 25.1. The monoisotopic (exact) mass is 468 g/mol. The van der Waals surface area contributed by atoms with Gasteiger partial charge in [0.25, 0.3) is 0 Å². The Kier molecular flexibility index (Phi) is 11.0. The number of carbonyl (C=O) groups is 5. The number of aromatic nitrogens is 2. The highest BCUT2D eigenvalue weighted by molar-refractivity contribution is 5.94. The zero-order valence-electron chi connectivity index (χ0n) is 18.8. The van der Waals surface area contributed by atoms with Crippen LogP contribution in [0.25, 0.3) is 0 Å². The van der Waals surface area contributed by atoms with Gasteiger partial charge < -0.3 is 36.9 Å². The molecular formula is C20H32N6O7. The number of amides is 3. The lowest BCUT2D eigenvalue weighted by molar-refractivity contribution is -0.143. The number of carbonyl (C=O) groups excluding carboxylic acids is 3. The standard InChI is InChI=1S/C20H32N6O7/c1-4-10(2)16(21)19(31)26-14(7-12-8-22-9-23-12)18(30)24-11(3)17(29)25-13(20(32)33)5-6-15(27)28/h8-11,13-14,16H,4-7,21H2,1-3H3,(H,22,23)(H,24,30)(H,25,29)(H,26,31)(H,27,28)(H,32,33). The molecule has 3 amide bonds. The molecule has 184 valence electrons. The van der Waals surface area contributed by atoms with Crippen LogP contribution in [0.2, 0.25) is 0 Å². The Bertz CT molecular complexity index is 829. The minimum Gasteiger partial charge on any atom is -0.481 e. The van der Waals surface area contributed by atoms with Crippen LogP contribution in [0.3, 0.4) is 0 Å². The number of H-pyrrole nitrogens is 1. The van der Waals surface area contributed by atoms with E-state index in [2.05, 4.69) is 25.9 Å². The molecule has 33 heavy (non-hydrogen) atoms. The average molecular weight is 469 g/mol. The molecule has 8 N–H and O–H groups in total. The number of hydrogen-bond donors (Lipinski definition) is 7. The lowest BCUT2D eigenvalue weighted by Crippen LogP contribution is -2.57. The third-order valence-electron chi connectivity index (χ3n) is 5.19. The fourth-order valence-electron chi connectivity index (χ4n) is 2.81. The number of aliphatic carboxylic acids is 2. The maximum Gasteiger partial charge on any atom is 0.326 e. The summed E-state index contributed by atoms with van der Waals surface area (Å²) in [4.78, 5) is 66.4. The van der Waals surface area contributed by atoms with Crippen molar-refractivity contribution < 1.29 is 34.2 Å². The van der Waals surface area contributed by atoms with E-state index >= 15 is 0 Å². The molecule has 0 aromatic carbocycles. The topological polar surface area (TPSA) is 217 Å². The number of rotatable bonds is 14. The van der Waals surface area contributed by atoms with Crippen molar-refractivity contribution in [2.24, 2.45) is 11.7 Å². The molecule has 0 saturated carbocycles. The van der Waals surface area contributed by atoms with E-state index in [0.29, 0.717) is 12.1 Å². The number of nitrogens with one attached hydrogen (secondary N) is 4. The van der Waals surface area contributed by atoms with Crippen LogP contribution in [0.5, 0.6) is 0 Å². The van der Waals surface area contributed by atoms with Crippen molar-refractivity contribution in [1.29, 1.82) is 0 Å². The van der Waals surface area contributed by atoms with Gasteiger partial charge >= 0.3 is 11.9 Å². The van der Waals surface area contributed by atoms with Gasteiger partial charge in [0.15, 0.2) is 0 Å². The minimum absolute atomic E-state index is 0.0511. The fourth-order valence-corrected chi connectivity index (χ4v) is 2.81.